The summed E-state index contributed by atoms with van der Waals surface area (Å²) >= 11 is 1.42. The van der Waals surface area contributed by atoms with Gasteiger partial charge >= 0.3 is 0 Å². The number of H-pyrrole nitrogens is 1. The van der Waals surface area contributed by atoms with Crippen LogP contribution in [-0.4, -0.2) is 38.4 Å². The summed E-state index contributed by atoms with van der Waals surface area (Å²) in [7, 11) is 0. The Hall–Kier alpha value is -2.61. The van der Waals surface area contributed by atoms with Gasteiger partial charge in [0.2, 0.25) is 0 Å². The van der Waals surface area contributed by atoms with Gasteiger partial charge in [-0.3, -0.25) is 9.89 Å². The van der Waals surface area contributed by atoms with Gasteiger partial charge in [-0.25, -0.2) is 9.97 Å². The van der Waals surface area contributed by atoms with Crippen molar-refractivity contribution in [3.8, 4) is 0 Å². The number of aromatic nitrogens is 4. The lowest BCUT2D eigenvalue weighted by molar-refractivity contribution is 0.0943. The molecule has 0 spiro atoms. The van der Waals surface area contributed by atoms with Crippen molar-refractivity contribution in [2.45, 2.75) is 25.0 Å². The Morgan fingerprint density at radius 3 is 2.88 bits per heavy atom. The Labute approximate surface area is 143 Å². The van der Waals surface area contributed by atoms with Gasteiger partial charge in [0.15, 0.2) is 5.16 Å². The molecule has 8 heteroatoms. The molecule has 7 nitrogen and oxygen atoms in total. The standard InChI is InChI=1S/C16H18N6OS/c1-9(2)19-15(23)12-8-17-16(24-3)21-14(12)20-11-5-4-10-7-18-22-13(10)6-11/h4-9H,1-3H3,(H,18,22)(H,19,23)(H,17,20,21). The number of nitrogens with one attached hydrogen (secondary N) is 3. The van der Waals surface area contributed by atoms with Crippen LogP contribution in [-0.2, 0) is 0 Å². The molecule has 2 heterocycles. The topological polar surface area (TPSA) is 95.6 Å². The van der Waals surface area contributed by atoms with E-state index in [-0.39, 0.29) is 11.9 Å². The lowest BCUT2D eigenvalue weighted by atomic mass is 10.2. The van der Waals surface area contributed by atoms with Crippen LogP contribution >= 0.6 is 11.8 Å². The summed E-state index contributed by atoms with van der Waals surface area (Å²) in [6.07, 6.45) is 5.20. The van der Waals surface area contributed by atoms with Crippen LogP contribution in [0.4, 0.5) is 11.5 Å². The smallest absolute Gasteiger partial charge is 0.256 e. The third-order valence-corrected chi connectivity index (χ3v) is 3.88. The predicted molar refractivity (Wildman–Crippen MR) is 95.8 cm³/mol. The molecule has 0 radical (unpaired) electrons. The first-order valence-electron chi connectivity index (χ1n) is 7.49. The molecule has 1 aromatic carbocycles. The average molecular weight is 342 g/mol. The zero-order valence-electron chi connectivity index (χ0n) is 13.6. The number of carbonyl (C=O) groups is 1. The molecule has 0 unspecified atom stereocenters. The van der Waals surface area contributed by atoms with Gasteiger partial charge in [-0.2, -0.15) is 5.10 Å². The van der Waals surface area contributed by atoms with Crippen molar-refractivity contribution in [3.63, 3.8) is 0 Å². The summed E-state index contributed by atoms with van der Waals surface area (Å²) in [5.41, 5.74) is 2.13. The summed E-state index contributed by atoms with van der Waals surface area (Å²) in [6.45, 7) is 3.82. The molecular weight excluding hydrogens is 324 g/mol. The van der Waals surface area contributed by atoms with Crippen LogP contribution in [0.15, 0.2) is 35.7 Å². The molecule has 3 rings (SSSR count). The fourth-order valence-electron chi connectivity index (χ4n) is 2.22. The Morgan fingerprint density at radius 2 is 2.12 bits per heavy atom. The maximum atomic E-state index is 12.4. The molecule has 0 aliphatic heterocycles. The number of amides is 1. The summed E-state index contributed by atoms with van der Waals surface area (Å²) in [5, 5.41) is 14.6. The molecule has 1 amide bonds. The average Bonchev–Trinajstić information content (AvgIpc) is 3.01. The Kier molecular flexibility index (Phi) is 4.66. The van der Waals surface area contributed by atoms with Crippen LogP contribution in [0, 0.1) is 0 Å². The number of thioether (sulfide) groups is 1. The molecule has 0 saturated heterocycles. The van der Waals surface area contributed by atoms with Gasteiger partial charge < -0.3 is 10.6 Å². The molecular formula is C16H18N6OS. The van der Waals surface area contributed by atoms with E-state index < -0.39 is 0 Å². The van der Waals surface area contributed by atoms with E-state index in [4.69, 9.17) is 0 Å². The van der Waals surface area contributed by atoms with Gasteiger partial charge in [0, 0.05) is 23.3 Å². The highest BCUT2D eigenvalue weighted by Gasteiger charge is 2.16. The molecule has 0 saturated carbocycles. The van der Waals surface area contributed by atoms with E-state index in [9.17, 15) is 4.79 Å². The van der Waals surface area contributed by atoms with E-state index in [0.717, 1.165) is 16.6 Å². The second-order valence-corrected chi connectivity index (χ2v) is 6.32. The summed E-state index contributed by atoms with van der Waals surface area (Å²) < 4.78 is 0. The van der Waals surface area contributed by atoms with Crippen LogP contribution in [0.25, 0.3) is 10.9 Å². The van der Waals surface area contributed by atoms with Gasteiger partial charge in [0.05, 0.1) is 11.7 Å². The fraction of sp³-hybridized carbons (Fsp3) is 0.250. The van der Waals surface area contributed by atoms with Crippen LogP contribution in [0.1, 0.15) is 24.2 Å². The zero-order chi connectivity index (χ0) is 17.1. The van der Waals surface area contributed by atoms with Crippen LogP contribution in [0.2, 0.25) is 0 Å². The minimum atomic E-state index is -0.206. The van der Waals surface area contributed by atoms with Crippen molar-refractivity contribution in [1.29, 1.82) is 0 Å². The Bertz CT molecular complexity index is 876. The number of benzene rings is 1. The van der Waals surface area contributed by atoms with E-state index in [1.165, 1.54) is 11.8 Å². The first kappa shape index (κ1) is 16.3. The summed E-state index contributed by atoms with van der Waals surface area (Å²) in [4.78, 5) is 21.0. The fourth-order valence-corrected chi connectivity index (χ4v) is 2.56. The van der Waals surface area contributed by atoms with E-state index in [1.807, 2.05) is 38.3 Å². The molecule has 24 heavy (non-hydrogen) atoms. The number of anilines is 2. The maximum Gasteiger partial charge on any atom is 0.256 e. The third-order valence-electron chi connectivity index (χ3n) is 3.32. The number of hydrogen-bond donors (Lipinski definition) is 3. The molecule has 124 valence electrons. The van der Waals surface area contributed by atoms with Crippen LogP contribution in [0.5, 0.6) is 0 Å². The van der Waals surface area contributed by atoms with Crippen LogP contribution in [0.3, 0.4) is 0 Å². The highest BCUT2D eigenvalue weighted by molar-refractivity contribution is 7.98. The largest absolute Gasteiger partial charge is 0.350 e. The van der Waals surface area contributed by atoms with Crippen molar-refractivity contribution < 1.29 is 4.79 Å². The number of carbonyl (C=O) groups excluding carboxylic acids is 1. The number of nitrogens with zero attached hydrogens (tertiary/aromatic N) is 3. The van der Waals surface area contributed by atoms with Gasteiger partial charge in [-0.05, 0) is 38.3 Å². The van der Waals surface area contributed by atoms with Gasteiger partial charge in [-0.1, -0.05) is 11.8 Å². The lowest BCUT2D eigenvalue weighted by Crippen LogP contribution is -2.31. The number of fused-ring (bicyclic) bond motifs is 1. The van der Waals surface area contributed by atoms with Gasteiger partial charge in [0.1, 0.15) is 11.4 Å². The minimum Gasteiger partial charge on any atom is -0.350 e. The SMILES string of the molecule is CSc1ncc(C(=O)NC(C)C)c(Nc2ccc3cn[nH]c3c2)n1. The summed E-state index contributed by atoms with van der Waals surface area (Å²) in [6, 6.07) is 5.83. The molecule has 0 bridgehead atoms. The number of aromatic amines is 1. The third kappa shape index (κ3) is 3.48. The highest BCUT2D eigenvalue weighted by atomic mass is 32.2. The maximum absolute atomic E-state index is 12.4. The van der Waals surface area contributed by atoms with Gasteiger partial charge in [-0.15, -0.1) is 0 Å². The Balaban J connectivity index is 1.96. The molecule has 0 aliphatic carbocycles. The van der Waals surface area contributed by atoms with Crippen molar-refractivity contribution in [1.82, 2.24) is 25.5 Å². The number of hydrogen-bond acceptors (Lipinski definition) is 6. The van der Waals surface area contributed by atoms with Crippen molar-refractivity contribution >= 4 is 40.1 Å². The summed E-state index contributed by atoms with van der Waals surface area (Å²) in [5.74, 6) is 0.272. The van der Waals surface area contributed by atoms with Gasteiger partial charge in [0.25, 0.3) is 5.91 Å². The zero-order valence-corrected chi connectivity index (χ0v) is 14.4. The highest BCUT2D eigenvalue weighted by Crippen LogP contribution is 2.23. The number of rotatable bonds is 5. The normalized spacial score (nSPS) is 11.0. The van der Waals surface area contributed by atoms with Crippen LogP contribution < -0.4 is 10.6 Å². The second-order valence-electron chi connectivity index (χ2n) is 5.54. The monoisotopic (exact) mass is 342 g/mol. The van der Waals surface area contributed by atoms with E-state index in [2.05, 4.69) is 30.8 Å². The first-order valence-corrected chi connectivity index (χ1v) is 8.71. The van der Waals surface area contributed by atoms with E-state index in [0.29, 0.717) is 16.5 Å². The van der Waals surface area contributed by atoms with E-state index >= 15 is 0 Å². The first-order chi connectivity index (χ1) is 11.6. The molecule has 0 fully saturated rings. The lowest BCUT2D eigenvalue weighted by Gasteiger charge is -2.13. The van der Waals surface area contributed by atoms with Crippen molar-refractivity contribution in [2.24, 2.45) is 0 Å². The Morgan fingerprint density at radius 1 is 1.29 bits per heavy atom. The molecule has 2 aromatic heterocycles. The molecule has 0 atom stereocenters. The van der Waals surface area contributed by atoms with Crippen molar-refractivity contribution in [2.75, 3.05) is 11.6 Å². The second kappa shape index (κ2) is 6.88. The quantitative estimate of drug-likeness (QED) is 0.487. The van der Waals surface area contributed by atoms with E-state index in [1.54, 1.807) is 12.4 Å². The molecule has 3 aromatic rings. The predicted octanol–water partition coefficient (Wildman–Crippen LogP) is 2.96. The molecule has 3 N–H and O–H groups in total. The molecule has 0 aliphatic rings. The minimum absolute atomic E-state index is 0.0342. The van der Waals surface area contributed by atoms with Crippen molar-refractivity contribution in [3.05, 3.63) is 36.2 Å².